The van der Waals surface area contributed by atoms with Crippen LogP contribution in [0.5, 0.6) is 5.75 Å². The van der Waals surface area contributed by atoms with Gasteiger partial charge >= 0.3 is 0 Å². The number of ether oxygens (including phenoxy) is 1. The molecule has 1 atom stereocenters. The van der Waals surface area contributed by atoms with Crippen LogP contribution in [0.1, 0.15) is 25.3 Å². The summed E-state index contributed by atoms with van der Waals surface area (Å²) >= 11 is 0. The SMILES string of the molecule is COc1cc(C(C=O)C(C)C)ccc1F. The third kappa shape index (κ3) is 2.55. The first kappa shape index (κ1) is 11.7. The van der Waals surface area contributed by atoms with Crippen LogP contribution in [0.2, 0.25) is 0 Å². The van der Waals surface area contributed by atoms with Gasteiger partial charge in [-0.25, -0.2) is 4.39 Å². The van der Waals surface area contributed by atoms with Gasteiger partial charge in [0.25, 0.3) is 0 Å². The lowest BCUT2D eigenvalue weighted by Gasteiger charge is -2.15. The summed E-state index contributed by atoms with van der Waals surface area (Å²) < 4.78 is 18.0. The Morgan fingerprint density at radius 1 is 1.40 bits per heavy atom. The molecule has 82 valence electrons. The Bertz CT molecular complexity index is 347. The van der Waals surface area contributed by atoms with Crippen molar-refractivity contribution < 1.29 is 13.9 Å². The average Bonchev–Trinajstić information content (AvgIpc) is 2.21. The topological polar surface area (TPSA) is 26.3 Å². The number of carbonyl (C=O) groups is 1. The maximum absolute atomic E-state index is 13.1. The van der Waals surface area contributed by atoms with Gasteiger partial charge in [-0.15, -0.1) is 0 Å². The standard InChI is InChI=1S/C12H15FO2/c1-8(2)10(7-14)9-4-5-11(13)12(6-9)15-3/h4-8,10H,1-3H3. The second-order valence-corrected chi connectivity index (χ2v) is 3.80. The zero-order valence-electron chi connectivity index (χ0n) is 9.16. The van der Waals surface area contributed by atoms with E-state index >= 15 is 0 Å². The smallest absolute Gasteiger partial charge is 0.165 e. The van der Waals surface area contributed by atoms with Crippen LogP contribution in [0, 0.1) is 11.7 Å². The second kappa shape index (κ2) is 4.91. The van der Waals surface area contributed by atoms with E-state index in [2.05, 4.69) is 0 Å². The largest absolute Gasteiger partial charge is 0.494 e. The van der Waals surface area contributed by atoms with Gasteiger partial charge in [-0.2, -0.15) is 0 Å². The minimum absolute atomic E-state index is 0.181. The van der Waals surface area contributed by atoms with Gasteiger partial charge in [0.2, 0.25) is 0 Å². The van der Waals surface area contributed by atoms with Crippen LogP contribution < -0.4 is 4.74 Å². The van der Waals surface area contributed by atoms with E-state index in [0.717, 1.165) is 11.8 Å². The lowest BCUT2D eigenvalue weighted by molar-refractivity contribution is -0.109. The van der Waals surface area contributed by atoms with Gasteiger partial charge in [-0.3, -0.25) is 0 Å². The van der Waals surface area contributed by atoms with E-state index in [0.29, 0.717) is 0 Å². The molecule has 0 aliphatic rings. The van der Waals surface area contributed by atoms with Gasteiger partial charge in [-0.05, 0) is 23.6 Å². The highest BCUT2D eigenvalue weighted by Gasteiger charge is 2.16. The maximum Gasteiger partial charge on any atom is 0.165 e. The summed E-state index contributed by atoms with van der Waals surface area (Å²) in [5.74, 6) is -0.244. The fourth-order valence-electron chi connectivity index (χ4n) is 1.50. The van der Waals surface area contributed by atoms with Crippen molar-refractivity contribution in [1.29, 1.82) is 0 Å². The minimum atomic E-state index is -0.408. The number of rotatable bonds is 4. The Labute approximate surface area is 89.1 Å². The molecular weight excluding hydrogens is 195 g/mol. The lowest BCUT2D eigenvalue weighted by Crippen LogP contribution is -2.08. The number of methoxy groups -OCH3 is 1. The molecule has 0 bridgehead atoms. The van der Waals surface area contributed by atoms with Gasteiger partial charge in [0, 0.05) is 5.92 Å². The highest BCUT2D eigenvalue weighted by molar-refractivity contribution is 5.63. The Morgan fingerprint density at radius 3 is 2.53 bits per heavy atom. The Morgan fingerprint density at radius 2 is 2.07 bits per heavy atom. The zero-order chi connectivity index (χ0) is 11.4. The summed E-state index contributed by atoms with van der Waals surface area (Å²) in [6.07, 6.45) is 0.886. The summed E-state index contributed by atoms with van der Waals surface area (Å²) in [6.45, 7) is 3.91. The maximum atomic E-state index is 13.1. The molecule has 3 heteroatoms. The van der Waals surface area contributed by atoms with E-state index in [1.165, 1.54) is 13.2 Å². The van der Waals surface area contributed by atoms with Gasteiger partial charge in [0.1, 0.15) is 6.29 Å². The van der Waals surface area contributed by atoms with Crippen molar-refractivity contribution in [3.05, 3.63) is 29.6 Å². The molecule has 1 rings (SSSR count). The third-order valence-corrected chi connectivity index (χ3v) is 2.42. The predicted molar refractivity (Wildman–Crippen MR) is 56.6 cm³/mol. The monoisotopic (exact) mass is 210 g/mol. The molecule has 0 aliphatic carbocycles. The minimum Gasteiger partial charge on any atom is -0.494 e. The first-order valence-electron chi connectivity index (χ1n) is 4.89. The molecule has 0 spiro atoms. The summed E-state index contributed by atoms with van der Waals surface area (Å²) in [7, 11) is 1.41. The molecule has 0 fully saturated rings. The molecule has 0 heterocycles. The number of aldehydes is 1. The van der Waals surface area contributed by atoms with Crippen LogP contribution in [-0.4, -0.2) is 13.4 Å². The third-order valence-electron chi connectivity index (χ3n) is 2.42. The van der Waals surface area contributed by atoms with Crippen molar-refractivity contribution in [2.75, 3.05) is 7.11 Å². The van der Waals surface area contributed by atoms with E-state index in [1.807, 2.05) is 13.8 Å². The van der Waals surface area contributed by atoms with E-state index < -0.39 is 5.82 Å². The summed E-state index contributed by atoms with van der Waals surface area (Å²) in [4.78, 5) is 10.9. The van der Waals surface area contributed by atoms with Crippen molar-refractivity contribution in [3.8, 4) is 5.75 Å². The molecule has 0 aliphatic heterocycles. The molecule has 0 saturated carbocycles. The van der Waals surface area contributed by atoms with Crippen LogP contribution in [0.25, 0.3) is 0 Å². The molecule has 0 radical (unpaired) electrons. The van der Waals surface area contributed by atoms with Crippen LogP contribution in [0.3, 0.4) is 0 Å². The Balaban J connectivity index is 3.08. The molecule has 0 aromatic heterocycles. The van der Waals surface area contributed by atoms with Crippen molar-refractivity contribution in [2.45, 2.75) is 19.8 Å². The summed E-state index contributed by atoms with van der Waals surface area (Å²) in [5.41, 5.74) is 0.790. The van der Waals surface area contributed by atoms with Gasteiger partial charge in [0.15, 0.2) is 11.6 Å². The molecule has 0 N–H and O–H groups in total. The number of halogens is 1. The summed E-state index contributed by atoms with van der Waals surface area (Å²) in [6, 6.07) is 4.53. The predicted octanol–water partition coefficient (Wildman–Crippen LogP) is 2.77. The molecule has 0 amide bonds. The fraction of sp³-hybridized carbons (Fsp3) is 0.417. The quantitative estimate of drug-likeness (QED) is 0.714. The molecule has 1 aromatic rings. The van der Waals surface area contributed by atoms with Gasteiger partial charge < -0.3 is 9.53 Å². The van der Waals surface area contributed by atoms with Crippen LogP contribution >= 0.6 is 0 Å². The van der Waals surface area contributed by atoms with E-state index in [4.69, 9.17) is 4.74 Å². The van der Waals surface area contributed by atoms with Crippen molar-refractivity contribution >= 4 is 6.29 Å². The van der Waals surface area contributed by atoms with Gasteiger partial charge in [0.05, 0.1) is 7.11 Å². The zero-order valence-corrected chi connectivity index (χ0v) is 9.16. The van der Waals surface area contributed by atoms with E-state index in [-0.39, 0.29) is 17.6 Å². The van der Waals surface area contributed by atoms with Crippen molar-refractivity contribution in [1.82, 2.24) is 0 Å². The van der Waals surface area contributed by atoms with Crippen molar-refractivity contribution in [3.63, 3.8) is 0 Å². The summed E-state index contributed by atoms with van der Waals surface area (Å²) in [5, 5.41) is 0. The van der Waals surface area contributed by atoms with E-state index in [1.54, 1.807) is 12.1 Å². The molecule has 1 aromatic carbocycles. The molecular formula is C12H15FO2. The Kier molecular flexibility index (Phi) is 3.83. The number of benzene rings is 1. The first-order valence-corrected chi connectivity index (χ1v) is 4.89. The normalized spacial score (nSPS) is 12.6. The fourth-order valence-corrected chi connectivity index (χ4v) is 1.50. The molecule has 15 heavy (non-hydrogen) atoms. The lowest BCUT2D eigenvalue weighted by atomic mass is 9.90. The number of carbonyl (C=O) groups excluding carboxylic acids is 1. The van der Waals surface area contributed by atoms with E-state index in [9.17, 15) is 9.18 Å². The average molecular weight is 210 g/mol. The van der Waals surface area contributed by atoms with Gasteiger partial charge in [-0.1, -0.05) is 19.9 Å². The van der Waals surface area contributed by atoms with Crippen LogP contribution in [-0.2, 0) is 4.79 Å². The highest BCUT2D eigenvalue weighted by Crippen LogP contribution is 2.27. The van der Waals surface area contributed by atoms with Crippen LogP contribution in [0.4, 0.5) is 4.39 Å². The second-order valence-electron chi connectivity index (χ2n) is 3.80. The first-order chi connectivity index (χ1) is 7.10. The number of hydrogen-bond donors (Lipinski definition) is 0. The molecule has 2 nitrogen and oxygen atoms in total. The Hall–Kier alpha value is -1.38. The van der Waals surface area contributed by atoms with Crippen molar-refractivity contribution in [2.24, 2.45) is 5.92 Å². The number of hydrogen-bond acceptors (Lipinski definition) is 2. The van der Waals surface area contributed by atoms with Crippen LogP contribution in [0.15, 0.2) is 18.2 Å². The highest BCUT2D eigenvalue weighted by atomic mass is 19.1. The molecule has 0 saturated heterocycles. The molecule has 1 unspecified atom stereocenters.